The second-order valence-corrected chi connectivity index (χ2v) is 7.58. The second-order valence-electron chi connectivity index (χ2n) is 7.14. The Kier molecular flexibility index (Phi) is 6.13. The molecule has 1 heterocycles. The third kappa shape index (κ3) is 5.07. The first-order valence-corrected chi connectivity index (χ1v) is 8.71. The molecule has 1 N–H and O–H groups in total. The van der Waals surface area contributed by atoms with E-state index >= 15 is 0 Å². The molecule has 0 unspecified atom stereocenters. The van der Waals surface area contributed by atoms with Crippen molar-refractivity contribution in [2.75, 3.05) is 4.90 Å². The summed E-state index contributed by atoms with van der Waals surface area (Å²) in [6.45, 7) is 5.96. The third-order valence-corrected chi connectivity index (χ3v) is 4.11. The molecule has 152 valence electrons. The molecule has 1 aromatic heterocycles. The Morgan fingerprint density at radius 3 is 2.25 bits per heavy atom. The van der Waals surface area contributed by atoms with Crippen LogP contribution in [0.15, 0.2) is 36.5 Å². The van der Waals surface area contributed by atoms with Crippen molar-refractivity contribution in [1.82, 2.24) is 4.98 Å². The topological polar surface area (TPSA) is 62.7 Å². The fourth-order valence-electron chi connectivity index (χ4n) is 2.51. The van der Waals surface area contributed by atoms with Crippen molar-refractivity contribution in [2.45, 2.75) is 45.5 Å². The van der Waals surface area contributed by atoms with Crippen molar-refractivity contribution in [2.24, 2.45) is 0 Å². The van der Waals surface area contributed by atoms with Gasteiger partial charge in [-0.3, -0.25) is 4.90 Å². The lowest BCUT2D eigenvalue weighted by Crippen LogP contribution is -2.45. The van der Waals surface area contributed by atoms with Crippen LogP contribution in [0, 0.1) is 0 Å². The molecule has 9 heteroatoms. The van der Waals surface area contributed by atoms with Gasteiger partial charge in [-0.2, -0.15) is 13.2 Å². The fraction of sp³-hybridized carbons (Fsp3) is 0.368. The van der Waals surface area contributed by atoms with Crippen molar-refractivity contribution in [1.29, 1.82) is 0 Å². The highest BCUT2D eigenvalue weighted by molar-refractivity contribution is 6.30. The van der Waals surface area contributed by atoms with Gasteiger partial charge in [0.1, 0.15) is 0 Å². The molecule has 28 heavy (non-hydrogen) atoms. The maximum Gasteiger partial charge on any atom is 0.425 e. The van der Waals surface area contributed by atoms with E-state index in [1.807, 2.05) is 0 Å². The summed E-state index contributed by atoms with van der Waals surface area (Å²) in [5.74, 6) is -0.254. The lowest BCUT2D eigenvalue weighted by molar-refractivity contribution is -0.189. The minimum Gasteiger partial charge on any atom is -0.465 e. The quantitative estimate of drug-likeness (QED) is 0.662. The lowest BCUT2D eigenvalue weighted by Gasteiger charge is -2.33. The number of amides is 1. The van der Waals surface area contributed by atoms with Crippen LogP contribution < -0.4 is 9.64 Å². The molecule has 2 rings (SSSR count). The largest absolute Gasteiger partial charge is 0.465 e. The standard InChI is InChI=1S/C19H20ClF3N2O3/c1-11(19(21,22)23)28-16-15(12-5-7-13(20)8-6-12)9-14(10-24-16)25(17(26)27)18(2,3)4/h5-11H,1-4H3,(H,26,27)/t11-/m0/s1. The van der Waals surface area contributed by atoms with Gasteiger partial charge in [0.15, 0.2) is 6.10 Å². The molecule has 1 amide bonds. The molecule has 0 radical (unpaired) electrons. The van der Waals surface area contributed by atoms with E-state index < -0.39 is 23.9 Å². The summed E-state index contributed by atoms with van der Waals surface area (Å²) in [5.41, 5.74) is 0.118. The number of pyridine rings is 1. The van der Waals surface area contributed by atoms with E-state index in [4.69, 9.17) is 16.3 Å². The number of ether oxygens (including phenoxy) is 1. The average Bonchev–Trinajstić information content (AvgIpc) is 2.54. The molecule has 1 atom stereocenters. The summed E-state index contributed by atoms with van der Waals surface area (Å²) in [6, 6.07) is 7.76. The van der Waals surface area contributed by atoms with Gasteiger partial charge in [0, 0.05) is 16.1 Å². The number of rotatable bonds is 4. The number of alkyl halides is 3. The predicted octanol–water partition coefficient (Wildman–Crippen LogP) is 6.01. The van der Waals surface area contributed by atoms with Crippen LogP contribution in [-0.2, 0) is 0 Å². The molecule has 0 bridgehead atoms. The monoisotopic (exact) mass is 416 g/mol. The minimum atomic E-state index is -4.57. The molecule has 0 aliphatic carbocycles. The van der Waals surface area contributed by atoms with Gasteiger partial charge < -0.3 is 9.84 Å². The molecular formula is C19H20ClF3N2O3. The highest BCUT2D eigenvalue weighted by atomic mass is 35.5. The van der Waals surface area contributed by atoms with Crippen LogP contribution in [0.3, 0.4) is 0 Å². The zero-order chi connectivity index (χ0) is 21.3. The van der Waals surface area contributed by atoms with Crippen molar-refractivity contribution in [3.63, 3.8) is 0 Å². The molecular weight excluding hydrogens is 397 g/mol. The number of benzene rings is 1. The Bertz CT molecular complexity index is 849. The van der Waals surface area contributed by atoms with Crippen LogP contribution in [0.1, 0.15) is 27.7 Å². The highest BCUT2D eigenvalue weighted by Gasteiger charge is 2.39. The molecule has 0 fully saturated rings. The van der Waals surface area contributed by atoms with Crippen LogP contribution in [0.5, 0.6) is 5.88 Å². The first-order valence-electron chi connectivity index (χ1n) is 8.33. The Morgan fingerprint density at radius 1 is 1.21 bits per heavy atom. The van der Waals surface area contributed by atoms with Gasteiger partial charge in [-0.05, 0) is 51.5 Å². The van der Waals surface area contributed by atoms with E-state index in [0.717, 1.165) is 11.8 Å². The number of hydrogen-bond acceptors (Lipinski definition) is 3. The average molecular weight is 417 g/mol. The third-order valence-electron chi connectivity index (χ3n) is 3.86. The first kappa shape index (κ1) is 21.8. The molecule has 0 aliphatic heterocycles. The van der Waals surface area contributed by atoms with E-state index in [1.54, 1.807) is 45.0 Å². The van der Waals surface area contributed by atoms with Gasteiger partial charge in [0.05, 0.1) is 11.9 Å². The van der Waals surface area contributed by atoms with Crippen LogP contribution in [-0.4, -0.2) is 34.0 Å². The summed E-state index contributed by atoms with van der Waals surface area (Å²) < 4.78 is 43.8. The molecule has 2 aromatic rings. The number of nitrogens with zero attached hydrogens (tertiary/aromatic N) is 2. The Balaban J connectivity index is 2.61. The van der Waals surface area contributed by atoms with Gasteiger partial charge in [-0.15, -0.1) is 0 Å². The van der Waals surface area contributed by atoms with Crippen LogP contribution in [0.25, 0.3) is 11.1 Å². The van der Waals surface area contributed by atoms with E-state index in [0.29, 0.717) is 10.6 Å². The normalized spacial score (nSPS) is 13.1. The van der Waals surface area contributed by atoms with Crippen molar-refractivity contribution in [3.05, 3.63) is 41.6 Å². The second kappa shape index (κ2) is 7.87. The zero-order valence-corrected chi connectivity index (χ0v) is 16.5. The van der Waals surface area contributed by atoms with Crippen LogP contribution >= 0.6 is 11.6 Å². The summed E-state index contributed by atoms with van der Waals surface area (Å²) in [6.07, 6.45) is -6.70. The molecule has 0 spiro atoms. The van der Waals surface area contributed by atoms with Crippen LogP contribution in [0.4, 0.5) is 23.7 Å². The van der Waals surface area contributed by atoms with Crippen molar-refractivity contribution in [3.8, 4) is 17.0 Å². The van der Waals surface area contributed by atoms with Gasteiger partial charge >= 0.3 is 12.3 Å². The van der Waals surface area contributed by atoms with Crippen molar-refractivity contribution >= 4 is 23.4 Å². The summed E-state index contributed by atoms with van der Waals surface area (Å²) >= 11 is 5.88. The maximum absolute atomic E-state index is 12.9. The lowest BCUT2D eigenvalue weighted by atomic mass is 10.0. The molecule has 0 aliphatic rings. The smallest absolute Gasteiger partial charge is 0.425 e. The summed E-state index contributed by atoms with van der Waals surface area (Å²) in [4.78, 5) is 16.8. The molecule has 0 saturated carbocycles. The van der Waals surface area contributed by atoms with Gasteiger partial charge in [0.2, 0.25) is 5.88 Å². The van der Waals surface area contributed by atoms with E-state index in [9.17, 15) is 23.1 Å². The molecule has 5 nitrogen and oxygen atoms in total. The zero-order valence-electron chi connectivity index (χ0n) is 15.7. The number of halogens is 4. The first-order chi connectivity index (χ1) is 12.8. The number of hydrogen-bond donors (Lipinski definition) is 1. The Hall–Kier alpha value is -2.48. The Labute approximate surface area is 165 Å². The van der Waals surface area contributed by atoms with Gasteiger partial charge in [0.25, 0.3) is 0 Å². The van der Waals surface area contributed by atoms with Crippen LogP contribution in [0.2, 0.25) is 5.02 Å². The summed E-state index contributed by atoms with van der Waals surface area (Å²) in [7, 11) is 0. The van der Waals surface area contributed by atoms with Gasteiger partial charge in [-0.25, -0.2) is 9.78 Å². The Morgan fingerprint density at radius 2 is 1.79 bits per heavy atom. The van der Waals surface area contributed by atoms with Crippen molar-refractivity contribution < 1.29 is 27.8 Å². The molecule has 1 aromatic carbocycles. The maximum atomic E-state index is 12.9. The van der Waals surface area contributed by atoms with E-state index in [-0.39, 0.29) is 17.1 Å². The summed E-state index contributed by atoms with van der Waals surface area (Å²) in [5, 5.41) is 10.0. The van der Waals surface area contributed by atoms with Gasteiger partial charge in [-0.1, -0.05) is 23.7 Å². The SMILES string of the molecule is C[C@H](Oc1ncc(N(C(=O)O)C(C)(C)C)cc1-c1ccc(Cl)cc1)C(F)(F)F. The number of anilines is 1. The highest BCUT2D eigenvalue weighted by Crippen LogP contribution is 2.36. The predicted molar refractivity (Wildman–Crippen MR) is 101 cm³/mol. The van der Waals surface area contributed by atoms with E-state index in [1.165, 1.54) is 12.3 Å². The molecule has 0 saturated heterocycles. The fourth-order valence-corrected chi connectivity index (χ4v) is 2.64. The van der Waals surface area contributed by atoms with E-state index in [2.05, 4.69) is 4.98 Å². The number of carbonyl (C=O) groups is 1. The number of carboxylic acid groups (broad SMARTS) is 1. The minimum absolute atomic E-state index is 0.206. The number of aromatic nitrogens is 1.